The average molecular weight is 475 g/mol. The minimum atomic E-state index is -0.167. The Kier molecular flexibility index (Phi) is 10.0. The molecule has 8 heteroatoms. The molecular formula is C26H38N2O6. The number of fused-ring (bicyclic) bond motifs is 1. The molecule has 4 rings (SSSR count). The van der Waals surface area contributed by atoms with Gasteiger partial charge in [0.25, 0.3) is 0 Å². The Morgan fingerprint density at radius 2 is 1.56 bits per heavy atom. The summed E-state index contributed by atoms with van der Waals surface area (Å²) in [5, 5.41) is 0. The predicted molar refractivity (Wildman–Crippen MR) is 125 cm³/mol. The molecule has 2 aliphatic carbocycles. The molecular weight excluding hydrogens is 436 g/mol. The van der Waals surface area contributed by atoms with Crippen molar-refractivity contribution >= 4 is 12.2 Å². The summed E-state index contributed by atoms with van der Waals surface area (Å²) in [7, 11) is 0. The van der Waals surface area contributed by atoms with E-state index in [0.29, 0.717) is 38.6 Å². The van der Waals surface area contributed by atoms with Gasteiger partial charge in [-0.1, -0.05) is 25.3 Å². The van der Waals surface area contributed by atoms with E-state index in [0.717, 1.165) is 32.1 Å². The van der Waals surface area contributed by atoms with Gasteiger partial charge >= 0.3 is 0 Å². The second-order valence-electron chi connectivity index (χ2n) is 9.92. The maximum Gasteiger partial charge on any atom is 0.234 e. The van der Waals surface area contributed by atoms with Gasteiger partial charge in [-0.25, -0.2) is 19.6 Å². The van der Waals surface area contributed by atoms with Crippen LogP contribution in [0.3, 0.4) is 0 Å². The van der Waals surface area contributed by atoms with Crippen LogP contribution in [0.1, 0.15) is 70.6 Å². The molecule has 6 atom stereocenters. The normalized spacial score (nSPS) is 31.1. The van der Waals surface area contributed by atoms with Crippen molar-refractivity contribution in [3.8, 4) is 0 Å². The Morgan fingerprint density at radius 1 is 0.882 bits per heavy atom. The number of aliphatic imine (C=N–C) groups is 2. The van der Waals surface area contributed by atoms with Crippen LogP contribution < -0.4 is 0 Å². The first kappa shape index (κ1) is 25.4. The number of hydrogen-bond donors (Lipinski definition) is 0. The van der Waals surface area contributed by atoms with Gasteiger partial charge in [0.05, 0.1) is 38.5 Å². The lowest BCUT2D eigenvalue weighted by Crippen LogP contribution is -2.39. The van der Waals surface area contributed by atoms with E-state index in [1.54, 1.807) is 12.2 Å². The summed E-state index contributed by atoms with van der Waals surface area (Å²) < 4.78 is 25.5. The molecule has 0 spiro atoms. The predicted octanol–water partition coefficient (Wildman–Crippen LogP) is 3.82. The number of ether oxygens (including phenoxy) is 4. The van der Waals surface area contributed by atoms with E-state index in [-0.39, 0.29) is 36.6 Å². The second-order valence-corrected chi connectivity index (χ2v) is 9.92. The van der Waals surface area contributed by atoms with Crippen molar-refractivity contribution in [1.82, 2.24) is 0 Å². The lowest BCUT2D eigenvalue weighted by atomic mass is 9.84. The molecule has 8 nitrogen and oxygen atoms in total. The molecule has 4 unspecified atom stereocenters. The lowest BCUT2D eigenvalue weighted by Gasteiger charge is -2.32. The molecule has 3 fully saturated rings. The fraction of sp³-hybridized carbons (Fsp3) is 0.846. The highest BCUT2D eigenvalue weighted by Crippen LogP contribution is 2.36. The molecule has 0 aromatic rings. The maximum atomic E-state index is 10.6. The van der Waals surface area contributed by atoms with E-state index >= 15 is 0 Å². The third-order valence-electron chi connectivity index (χ3n) is 7.72. The van der Waals surface area contributed by atoms with Crippen LogP contribution in [0.4, 0.5) is 0 Å². The smallest absolute Gasteiger partial charge is 0.234 e. The largest absolute Gasteiger partial charge is 0.370 e. The average Bonchev–Trinajstić information content (AvgIpc) is 3.47. The topological polar surface area (TPSA) is 95.8 Å². The summed E-state index contributed by atoms with van der Waals surface area (Å²) in [4.78, 5) is 28.6. The molecule has 2 aliphatic heterocycles. The van der Waals surface area contributed by atoms with Crippen LogP contribution in [0.2, 0.25) is 0 Å². The van der Waals surface area contributed by atoms with E-state index in [1.807, 2.05) is 0 Å². The van der Waals surface area contributed by atoms with Gasteiger partial charge in [0.1, 0.15) is 24.4 Å². The molecule has 0 aromatic heterocycles. The van der Waals surface area contributed by atoms with Crippen molar-refractivity contribution in [2.45, 2.75) is 107 Å². The highest BCUT2D eigenvalue weighted by molar-refractivity contribution is 5.33. The molecule has 0 radical (unpaired) electrons. The Hall–Kier alpha value is -1.66. The zero-order chi connectivity index (χ0) is 23.6. The van der Waals surface area contributed by atoms with Gasteiger partial charge in [0.2, 0.25) is 12.2 Å². The summed E-state index contributed by atoms with van der Waals surface area (Å²) >= 11 is 0. The quantitative estimate of drug-likeness (QED) is 0.242. The first-order valence-electron chi connectivity index (χ1n) is 13.1. The van der Waals surface area contributed by atoms with Crippen molar-refractivity contribution in [1.29, 1.82) is 0 Å². The van der Waals surface area contributed by atoms with Crippen LogP contribution in [0.25, 0.3) is 0 Å². The van der Waals surface area contributed by atoms with E-state index < -0.39 is 0 Å². The first-order valence-corrected chi connectivity index (χ1v) is 13.1. The minimum absolute atomic E-state index is 0.0506. The molecule has 188 valence electrons. The third kappa shape index (κ3) is 6.72. The molecule has 34 heavy (non-hydrogen) atoms. The first-order chi connectivity index (χ1) is 16.8. The highest BCUT2D eigenvalue weighted by Gasteiger charge is 2.50. The number of nitrogens with zero attached hydrogens (tertiary/aromatic N) is 2. The summed E-state index contributed by atoms with van der Waals surface area (Å²) in [6.07, 6.45) is 16.8. The standard InChI is InChI=1S/C26H38N2O6/c29-17-27-13-11-21(19-7-3-1-4-8-19)33-23-15-31-26-24(16-32-25(23)26)34-22(12-14-28-18-30)20-9-5-2-6-10-20/h7,20-26H,1-6,8-16H2/t21?,22?,23-,24-,25?,26?/m0/s1. The molecule has 0 N–H and O–H groups in total. The van der Waals surface area contributed by atoms with Crippen molar-refractivity contribution in [2.75, 3.05) is 26.3 Å². The van der Waals surface area contributed by atoms with Crippen LogP contribution >= 0.6 is 0 Å². The van der Waals surface area contributed by atoms with E-state index in [2.05, 4.69) is 16.1 Å². The Labute approximate surface area is 202 Å². The van der Waals surface area contributed by atoms with Crippen LogP contribution in [-0.2, 0) is 28.5 Å². The zero-order valence-electron chi connectivity index (χ0n) is 20.1. The van der Waals surface area contributed by atoms with Crippen molar-refractivity contribution in [3.05, 3.63) is 11.6 Å². The summed E-state index contributed by atoms with van der Waals surface area (Å²) in [5.74, 6) is 0.490. The summed E-state index contributed by atoms with van der Waals surface area (Å²) in [6, 6.07) is 0. The molecule has 0 bridgehead atoms. The molecule has 1 saturated carbocycles. The van der Waals surface area contributed by atoms with Gasteiger partial charge in [0.15, 0.2) is 0 Å². The van der Waals surface area contributed by atoms with Gasteiger partial charge in [-0.2, -0.15) is 0 Å². The third-order valence-corrected chi connectivity index (χ3v) is 7.72. The van der Waals surface area contributed by atoms with E-state index in [4.69, 9.17) is 18.9 Å². The number of hydrogen-bond acceptors (Lipinski definition) is 8. The molecule has 4 aliphatic rings. The van der Waals surface area contributed by atoms with Gasteiger partial charge in [0, 0.05) is 0 Å². The Balaban J connectivity index is 1.36. The van der Waals surface area contributed by atoms with Crippen molar-refractivity contribution in [3.63, 3.8) is 0 Å². The van der Waals surface area contributed by atoms with Gasteiger partial charge < -0.3 is 18.9 Å². The minimum Gasteiger partial charge on any atom is -0.370 e. The molecule has 2 heterocycles. The second kappa shape index (κ2) is 13.4. The Bertz CT molecular complexity index is 769. The van der Waals surface area contributed by atoms with Gasteiger partial charge in [-0.15, -0.1) is 0 Å². The lowest BCUT2D eigenvalue weighted by molar-refractivity contribution is -0.101. The summed E-state index contributed by atoms with van der Waals surface area (Å²) in [6.45, 7) is 1.81. The van der Waals surface area contributed by atoms with Crippen LogP contribution in [0.15, 0.2) is 21.6 Å². The molecule has 0 aromatic carbocycles. The van der Waals surface area contributed by atoms with Gasteiger partial charge in [-0.3, -0.25) is 0 Å². The van der Waals surface area contributed by atoms with Crippen LogP contribution in [0.5, 0.6) is 0 Å². The fourth-order valence-corrected chi connectivity index (χ4v) is 5.98. The monoisotopic (exact) mass is 474 g/mol. The van der Waals surface area contributed by atoms with Crippen LogP contribution in [-0.4, -0.2) is 75.1 Å². The SMILES string of the molecule is O=C=NCCC(O[C@H]1COC2C1OC[C@@H]2OC(CCN=C=O)C1CCCCC1)C1=CCCCC1. The number of allylic oxidation sites excluding steroid dienone is 1. The number of isocyanates is 2. The fourth-order valence-electron chi connectivity index (χ4n) is 5.98. The van der Waals surface area contributed by atoms with Crippen molar-refractivity contribution < 1.29 is 28.5 Å². The number of carbonyl (C=O) groups excluding carboxylic acids is 2. The highest BCUT2D eigenvalue weighted by atomic mass is 16.6. The van der Waals surface area contributed by atoms with Crippen molar-refractivity contribution in [2.24, 2.45) is 15.9 Å². The zero-order valence-corrected chi connectivity index (χ0v) is 20.1. The maximum absolute atomic E-state index is 10.6. The Morgan fingerprint density at radius 3 is 2.21 bits per heavy atom. The van der Waals surface area contributed by atoms with Crippen LogP contribution in [0, 0.1) is 5.92 Å². The number of rotatable bonds is 12. The molecule has 2 saturated heterocycles. The summed E-state index contributed by atoms with van der Waals surface area (Å²) in [5.41, 5.74) is 1.30. The molecule has 0 amide bonds. The van der Waals surface area contributed by atoms with Gasteiger partial charge in [-0.05, 0) is 62.9 Å². The van der Waals surface area contributed by atoms with E-state index in [9.17, 15) is 9.59 Å². The van der Waals surface area contributed by atoms with E-state index in [1.165, 1.54) is 37.7 Å².